The number of sulfonamides is 1. The van der Waals surface area contributed by atoms with E-state index in [1.165, 1.54) is 54.2 Å². The molecule has 0 aliphatic carbocycles. The average molecular weight is 532 g/mol. The fourth-order valence-electron chi connectivity index (χ4n) is 2.84. The normalized spacial score (nSPS) is 11.8. The number of H-pyrrole nitrogens is 1. The van der Waals surface area contributed by atoms with Crippen LogP contribution in [0.2, 0.25) is 5.02 Å². The number of benzene rings is 3. The van der Waals surface area contributed by atoms with E-state index in [0.717, 1.165) is 5.56 Å². The summed E-state index contributed by atoms with van der Waals surface area (Å²) in [5, 5.41) is 1.01. The van der Waals surface area contributed by atoms with Gasteiger partial charge in [-0.25, -0.2) is 21.8 Å². The zero-order valence-electron chi connectivity index (χ0n) is 17.1. The van der Waals surface area contributed by atoms with Gasteiger partial charge in [0.05, 0.1) is 20.8 Å². The second-order valence-corrected chi connectivity index (χ2v) is 11.2. The van der Waals surface area contributed by atoms with Crippen molar-refractivity contribution in [1.29, 1.82) is 0 Å². The minimum atomic E-state index is -4.54. The maximum absolute atomic E-state index is 12.5. The van der Waals surface area contributed by atoms with Gasteiger partial charge in [0.2, 0.25) is 0 Å². The Balaban J connectivity index is 0.00000306. The molecule has 13 heteroatoms. The second-order valence-electron chi connectivity index (χ2n) is 6.72. The molecule has 33 heavy (non-hydrogen) atoms. The maximum Gasteiger partial charge on any atom is 1.00 e. The van der Waals surface area contributed by atoms with Crippen molar-refractivity contribution in [2.24, 2.45) is 0 Å². The van der Waals surface area contributed by atoms with Crippen LogP contribution in [0, 0.1) is 0 Å². The fraction of sp³-hybridized carbons (Fsp3) is 0.0500. The standard InChI is InChI=1S/C20H16ClN3O5S3.Na/c21-14-3-7-16(8-4-14)31(25,26)24-15-5-1-13(2-6-15)12-30-20-22-18-10-9-17(32(27,28)29)11-19(18)23-20;/h1-11,24H,12H2,(H,22,23)(H,27,28,29);/q;+1/p-1. The van der Waals surface area contributed by atoms with E-state index in [1.807, 2.05) is 0 Å². The Morgan fingerprint density at radius 1 is 0.939 bits per heavy atom. The summed E-state index contributed by atoms with van der Waals surface area (Å²) in [5.74, 6) is 0.538. The van der Waals surface area contributed by atoms with Gasteiger partial charge >= 0.3 is 29.6 Å². The summed E-state index contributed by atoms with van der Waals surface area (Å²) in [5.41, 5.74) is 2.35. The molecule has 4 rings (SSSR count). The SMILES string of the molecule is O=S(=O)([O-])c1ccc2nc(SCc3ccc(NS(=O)(=O)c4ccc(Cl)cc4)cc3)[nH]c2c1.[Na+]. The molecule has 0 fully saturated rings. The van der Waals surface area contributed by atoms with E-state index >= 15 is 0 Å². The van der Waals surface area contributed by atoms with Gasteiger partial charge in [0.25, 0.3) is 10.0 Å². The molecule has 0 bridgehead atoms. The molecular weight excluding hydrogens is 517 g/mol. The number of fused-ring (bicyclic) bond motifs is 1. The van der Waals surface area contributed by atoms with Crippen LogP contribution >= 0.6 is 23.4 Å². The summed E-state index contributed by atoms with van der Waals surface area (Å²) < 4.78 is 60.9. The molecule has 0 radical (unpaired) electrons. The van der Waals surface area contributed by atoms with Crippen molar-refractivity contribution in [2.45, 2.75) is 20.7 Å². The van der Waals surface area contributed by atoms with Crippen LogP contribution in [0.1, 0.15) is 5.56 Å². The van der Waals surface area contributed by atoms with Crippen LogP contribution in [0.4, 0.5) is 5.69 Å². The van der Waals surface area contributed by atoms with Gasteiger partial charge in [0.1, 0.15) is 10.1 Å². The van der Waals surface area contributed by atoms with Crippen molar-refractivity contribution in [2.75, 3.05) is 4.72 Å². The molecule has 0 amide bonds. The van der Waals surface area contributed by atoms with Crippen molar-refractivity contribution >= 4 is 60.2 Å². The smallest absolute Gasteiger partial charge is 0.744 e. The summed E-state index contributed by atoms with van der Waals surface area (Å²) in [6, 6.07) is 16.7. The molecule has 0 aliphatic heterocycles. The predicted octanol–water partition coefficient (Wildman–Crippen LogP) is 1.22. The number of hydrogen-bond donors (Lipinski definition) is 2. The number of aromatic nitrogens is 2. The summed E-state index contributed by atoms with van der Waals surface area (Å²) in [6.45, 7) is 0. The molecule has 0 spiro atoms. The number of rotatable bonds is 7. The molecule has 3 aromatic carbocycles. The predicted molar refractivity (Wildman–Crippen MR) is 122 cm³/mol. The Kier molecular flexibility index (Phi) is 8.18. The summed E-state index contributed by atoms with van der Waals surface area (Å²) in [4.78, 5) is 7.15. The van der Waals surface area contributed by atoms with Crippen molar-refractivity contribution < 1.29 is 50.9 Å². The first kappa shape index (κ1) is 26.0. The van der Waals surface area contributed by atoms with Crippen molar-refractivity contribution in [1.82, 2.24) is 9.97 Å². The van der Waals surface area contributed by atoms with Gasteiger partial charge in [-0.2, -0.15) is 0 Å². The quantitative estimate of drug-likeness (QED) is 0.208. The van der Waals surface area contributed by atoms with Crippen LogP contribution in [0.5, 0.6) is 0 Å². The van der Waals surface area contributed by atoms with Crippen LogP contribution in [-0.4, -0.2) is 31.4 Å². The van der Waals surface area contributed by atoms with Gasteiger partial charge in [-0.15, -0.1) is 0 Å². The number of thioether (sulfide) groups is 1. The number of aromatic amines is 1. The van der Waals surface area contributed by atoms with E-state index in [4.69, 9.17) is 11.6 Å². The molecule has 0 atom stereocenters. The van der Waals surface area contributed by atoms with Gasteiger partial charge < -0.3 is 9.54 Å². The first-order chi connectivity index (χ1) is 15.1. The Hall–Kier alpha value is -1.57. The molecular formula is C20H15ClN3NaO5S3. The van der Waals surface area contributed by atoms with Gasteiger partial charge in [-0.05, 0) is 60.2 Å². The zero-order chi connectivity index (χ0) is 22.9. The van der Waals surface area contributed by atoms with Gasteiger partial charge in [0.15, 0.2) is 5.16 Å². The fourth-order valence-corrected chi connectivity index (χ4v) is 5.36. The minimum Gasteiger partial charge on any atom is -0.744 e. The third kappa shape index (κ3) is 6.52. The van der Waals surface area contributed by atoms with E-state index < -0.39 is 20.1 Å². The molecule has 8 nitrogen and oxygen atoms in total. The van der Waals surface area contributed by atoms with Gasteiger partial charge in [0, 0.05) is 16.5 Å². The number of imidazole rings is 1. The van der Waals surface area contributed by atoms with Crippen LogP contribution in [0.3, 0.4) is 0 Å². The van der Waals surface area contributed by atoms with Crippen molar-refractivity contribution in [3.63, 3.8) is 0 Å². The molecule has 166 valence electrons. The molecule has 4 aromatic rings. The topological polar surface area (TPSA) is 132 Å². The third-order valence-electron chi connectivity index (χ3n) is 4.43. The van der Waals surface area contributed by atoms with Crippen molar-refractivity contribution in [3.8, 4) is 0 Å². The number of anilines is 1. The first-order valence-electron chi connectivity index (χ1n) is 9.06. The number of nitrogens with zero attached hydrogens (tertiary/aromatic N) is 1. The summed E-state index contributed by atoms with van der Waals surface area (Å²) >= 11 is 7.19. The Morgan fingerprint density at radius 3 is 2.21 bits per heavy atom. The Morgan fingerprint density at radius 2 is 1.58 bits per heavy atom. The molecule has 1 aromatic heterocycles. The van der Waals surface area contributed by atoms with Crippen LogP contribution in [0.25, 0.3) is 11.0 Å². The van der Waals surface area contributed by atoms with E-state index in [1.54, 1.807) is 24.3 Å². The Bertz CT molecular complexity index is 1490. The molecule has 0 saturated heterocycles. The van der Waals surface area contributed by atoms with E-state index in [-0.39, 0.29) is 39.3 Å². The number of nitrogens with one attached hydrogen (secondary N) is 2. The zero-order valence-corrected chi connectivity index (χ0v) is 22.4. The molecule has 0 saturated carbocycles. The summed E-state index contributed by atoms with van der Waals surface area (Å²) in [7, 11) is -8.26. The number of halogens is 1. The molecule has 0 unspecified atom stereocenters. The van der Waals surface area contributed by atoms with Crippen LogP contribution in [0.15, 0.2) is 81.7 Å². The molecule has 2 N–H and O–H groups in total. The maximum atomic E-state index is 12.5. The van der Waals surface area contributed by atoms with E-state index in [0.29, 0.717) is 32.7 Å². The van der Waals surface area contributed by atoms with E-state index in [2.05, 4.69) is 14.7 Å². The molecule has 1 heterocycles. The van der Waals surface area contributed by atoms with Gasteiger partial charge in [-0.1, -0.05) is 35.5 Å². The number of hydrogen-bond acceptors (Lipinski definition) is 7. The monoisotopic (exact) mass is 531 g/mol. The summed E-state index contributed by atoms with van der Waals surface area (Å²) in [6.07, 6.45) is 0. The Labute approximate surface area is 222 Å². The van der Waals surface area contributed by atoms with E-state index in [9.17, 15) is 21.4 Å². The largest absolute Gasteiger partial charge is 1.00 e. The minimum absolute atomic E-state index is 0. The average Bonchev–Trinajstić information content (AvgIpc) is 3.15. The third-order valence-corrected chi connectivity index (χ3v) is 7.85. The van der Waals surface area contributed by atoms with Crippen LogP contribution in [-0.2, 0) is 25.9 Å². The molecule has 0 aliphatic rings. The second kappa shape index (κ2) is 10.4. The van der Waals surface area contributed by atoms with Gasteiger partial charge in [-0.3, -0.25) is 4.72 Å². The first-order valence-corrected chi connectivity index (χ1v) is 13.3. The van der Waals surface area contributed by atoms with Crippen molar-refractivity contribution in [3.05, 3.63) is 77.3 Å². The van der Waals surface area contributed by atoms with Crippen LogP contribution < -0.4 is 34.3 Å².